The number of sulfonamides is 1. The van der Waals surface area contributed by atoms with Crippen LogP contribution in [0.2, 0.25) is 0 Å². The maximum atomic E-state index is 13.3. The highest BCUT2D eigenvalue weighted by Gasteiger charge is 2.28. The van der Waals surface area contributed by atoms with Gasteiger partial charge in [-0.25, -0.2) is 17.1 Å². The Morgan fingerprint density at radius 2 is 1.78 bits per heavy atom. The summed E-state index contributed by atoms with van der Waals surface area (Å²) in [4.78, 5) is 0. The summed E-state index contributed by atoms with van der Waals surface area (Å²) >= 11 is 0. The number of ether oxygens (including phenoxy) is 1. The van der Waals surface area contributed by atoms with Gasteiger partial charge in [0.25, 0.3) is 0 Å². The maximum Gasteiger partial charge on any atom is 0.218 e. The SMILES string of the molecule is COc1ccc(CCC2CCN(S(=O)(=O)Cc3cccc(F)c3)CC2)cc1. The molecule has 0 spiro atoms. The second kappa shape index (κ2) is 8.85. The third-order valence-electron chi connectivity index (χ3n) is 5.21. The number of methoxy groups -OCH3 is 1. The van der Waals surface area contributed by atoms with Crippen molar-refractivity contribution in [3.63, 3.8) is 0 Å². The van der Waals surface area contributed by atoms with E-state index in [4.69, 9.17) is 4.74 Å². The van der Waals surface area contributed by atoms with E-state index in [1.807, 2.05) is 12.1 Å². The van der Waals surface area contributed by atoms with Crippen molar-refractivity contribution in [2.24, 2.45) is 5.92 Å². The molecule has 0 N–H and O–H groups in total. The third kappa shape index (κ3) is 5.53. The number of piperidine rings is 1. The van der Waals surface area contributed by atoms with Gasteiger partial charge in [-0.05, 0) is 67.0 Å². The van der Waals surface area contributed by atoms with Crippen LogP contribution in [-0.2, 0) is 22.2 Å². The Morgan fingerprint density at radius 1 is 1.07 bits per heavy atom. The standard InChI is InChI=1S/C21H26FNO3S/c1-26-21-9-7-17(8-10-21)5-6-18-11-13-23(14-12-18)27(24,25)16-19-3-2-4-20(22)15-19/h2-4,7-10,15,18H,5-6,11-14,16H2,1H3. The fourth-order valence-electron chi connectivity index (χ4n) is 3.57. The lowest BCUT2D eigenvalue weighted by Crippen LogP contribution is -2.39. The molecule has 2 aromatic rings. The first kappa shape index (κ1) is 19.8. The normalized spacial score (nSPS) is 16.4. The molecule has 0 atom stereocenters. The molecule has 3 rings (SSSR count). The van der Waals surface area contributed by atoms with Gasteiger partial charge in [0.15, 0.2) is 0 Å². The number of hydrogen-bond donors (Lipinski definition) is 0. The van der Waals surface area contributed by atoms with E-state index in [0.29, 0.717) is 24.6 Å². The summed E-state index contributed by atoms with van der Waals surface area (Å²) in [6.07, 6.45) is 3.80. The minimum Gasteiger partial charge on any atom is -0.497 e. The molecule has 0 radical (unpaired) electrons. The average Bonchev–Trinajstić information content (AvgIpc) is 2.67. The molecule has 146 valence electrons. The molecule has 1 heterocycles. The molecule has 1 aliphatic rings. The molecule has 1 fully saturated rings. The molecule has 6 heteroatoms. The summed E-state index contributed by atoms with van der Waals surface area (Å²) in [5.41, 5.74) is 1.77. The number of benzene rings is 2. The van der Waals surface area contributed by atoms with Gasteiger partial charge in [-0.3, -0.25) is 0 Å². The van der Waals surface area contributed by atoms with Crippen molar-refractivity contribution < 1.29 is 17.5 Å². The fourth-order valence-corrected chi connectivity index (χ4v) is 5.12. The van der Waals surface area contributed by atoms with Crippen LogP contribution in [0.3, 0.4) is 0 Å². The smallest absolute Gasteiger partial charge is 0.218 e. The van der Waals surface area contributed by atoms with Crippen molar-refractivity contribution in [2.45, 2.75) is 31.4 Å². The molecular weight excluding hydrogens is 365 g/mol. The number of aryl methyl sites for hydroxylation is 1. The van der Waals surface area contributed by atoms with Crippen molar-refractivity contribution in [2.75, 3.05) is 20.2 Å². The summed E-state index contributed by atoms with van der Waals surface area (Å²) in [5, 5.41) is 0. The molecule has 1 aliphatic heterocycles. The number of rotatable bonds is 7. The Kier molecular flexibility index (Phi) is 6.50. The van der Waals surface area contributed by atoms with Crippen LogP contribution >= 0.6 is 0 Å². The monoisotopic (exact) mass is 391 g/mol. The quantitative estimate of drug-likeness (QED) is 0.716. The first-order valence-electron chi connectivity index (χ1n) is 9.31. The van der Waals surface area contributed by atoms with Gasteiger partial charge in [-0.15, -0.1) is 0 Å². The van der Waals surface area contributed by atoms with E-state index >= 15 is 0 Å². The molecule has 4 nitrogen and oxygen atoms in total. The average molecular weight is 392 g/mol. The van der Waals surface area contributed by atoms with Gasteiger partial charge >= 0.3 is 0 Å². The molecule has 0 bridgehead atoms. The van der Waals surface area contributed by atoms with Crippen molar-refractivity contribution in [1.82, 2.24) is 4.31 Å². The zero-order valence-electron chi connectivity index (χ0n) is 15.6. The molecule has 0 saturated carbocycles. The fraction of sp³-hybridized carbons (Fsp3) is 0.429. The van der Waals surface area contributed by atoms with Gasteiger partial charge in [0.1, 0.15) is 11.6 Å². The van der Waals surface area contributed by atoms with E-state index < -0.39 is 15.8 Å². The van der Waals surface area contributed by atoms with Crippen LogP contribution in [0.15, 0.2) is 48.5 Å². The summed E-state index contributed by atoms with van der Waals surface area (Å²) in [6, 6.07) is 13.9. The van der Waals surface area contributed by atoms with Crippen LogP contribution in [0, 0.1) is 11.7 Å². The highest BCUT2D eigenvalue weighted by Crippen LogP contribution is 2.25. The Labute approximate surface area is 161 Å². The van der Waals surface area contributed by atoms with E-state index in [1.54, 1.807) is 23.5 Å². The van der Waals surface area contributed by atoms with Crippen LogP contribution in [0.4, 0.5) is 4.39 Å². The molecule has 2 aromatic carbocycles. The lowest BCUT2D eigenvalue weighted by molar-refractivity contribution is 0.263. The molecule has 0 aromatic heterocycles. The van der Waals surface area contributed by atoms with Crippen molar-refractivity contribution in [3.8, 4) is 5.75 Å². The number of halogens is 1. The zero-order valence-corrected chi connectivity index (χ0v) is 16.4. The first-order chi connectivity index (χ1) is 13.0. The minimum atomic E-state index is -3.40. The van der Waals surface area contributed by atoms with Gasteiger partial charge in [0, 0.05) is 13.1 Å². The Hall–Kier alpha value is -1.92. The molecular formula is C21H26FNO3S. The largest absolute Gasteiger partial charge is 0.497 e. The lowest BCUT2D eigenvalue weighted by atomic mass is 9.91. The molecule has 27 heavy (non-hydrogen) atoms. The molecule has 0 unspecified atom stereocenters. The van der Waals surface area contributed by atoms with Crippen molar-refractivity contribution in [1.29, 1.82) is 0 Å². The molecule has 0 amide bonds. The third-order valence-corrected chi connectivity index (χ3v) is 7.06. The van der Waals surface area contributed by atoms with Crippen molar-refractivity contribution in [3.05, 3.63) is 65.5 Å². The number of nitrogens with zero attached hydrogens (tertiary/aromatic N) is 1. The van der Waals surface area contributed by atoms with E-state index in [9.17, 15) is 12.8 Å². The van der Waals surface area contributed by atoms with Crippen LogP contribution in [0.1, 0.15) is 30.4 Å². The van der Waals surface area contributed by atoms with Gasteiger partial charge in [-0.2, -0.15) is 0 Å². The van der Waals surface area contributed by atoms with E-state index in [0.717, 1.165) is 31.4 Å². The summed E-state index contributed by atoms with van der Waals surface area (Å²) in [5.74, 6) is 0.851. The molecule has 1 saturated heterocycles. The first-order valence-corrected chi connectivity index (χ1v) is 10.9. The predicted molar refractivity (Wildman–Crippen MR) is 105 cm³/mol. The Morgan fingerprint density at radius 3 is 2.41 bits per heavy atom. The van der Waals surface area contributed by atoms with Crippen LogP contribution in [0.25, 0.3) is 0 Å². The lowest BCUT2D eigenvalue weighted by Gasteiger charge is -2.31. The van der Waals surface area contributed by atoms with Crippen molar-refractivity contribution >= 4 is 10.0 Å². The Balaban J connectivity index is 1.48. The highest BCUT2D eigenvalue weighted by molar-refractivity contribution is 7.88. The maximum absolute atomic E-state index is 13.3. The van der Waals surface area contributed by atoms with Gasteiger partial charge in [0.05, 0.1) is 12.9 Å². The summed E-state index contributed by atoms with van der Waals surface area (Å²) < 4.78 is 45.2. The predicted octanol–water partition coefficient (Wildman–Crippen LogP) is 4.01. The van der Waals surface area contributed by atoms with Gasteiger partial charge in [0.2, 0.25) is 10.0 Å². The van der Waals surface area contributed by atoms with Crippen LogP contribution < -0.4 is 4.74 Å². The van der Waals surface area contributed by atoms with Crippen LogP contribution in [-0.4, -0.2) is 32.9 Å². The van der Waals surface area contributed by atoms with E-state index in [1.165, 1.54) is 17.7 Å². The van der Waals surface area contributed by atoms with Gasteiger partial charge in [-0.1, -0.05) is 24.3 Å². The molecule has 0 aliphatic carbocycles. The Bertz CT molecular complexity index is 844. The zero-order chi connectivity index (χ0) is 19.3. The topological polar surface area (TPSA) is 46.6 Å². The highest BCUT2D eigenvalue weighted by atomic mass is 32.2. The van der Waals surface area contributed by atoms with Crippen LogP contribution in [0.5, 0.6) is 5.75 Å². The van der Waals surface area contributed by atoms with E-state index in [2.05, 4.69) is 12.1 Å². The number of hydrogen-bond acceptors (Lipinski definition) is 3. The van der Waals surface area contributed by atoms with Gasteiger partial charge < -0.3 is 4.74 Å². The second-order valence-corrected chi connectivity index (χ2v) is 9.08. The minimum absolute atomic E-state index is 0.138. The summed E-state index contributed by atoms with van der Waals surface area (Å²) in [7, 11) is -1.74. The summed E-state index contributed by atoms with van der Waals surface area (Å²) in [6.45, 7) is 1.09. The second-order valence-electron chi connectivity index (χ2n) is 7.12. The van der Waals surface area contributed by atoms with E-state index in [-0.39, 0.29) is 5.75 Å².